The lowest BCUT2D eigenvalue weighted by molar-refractivity contribution is -0.139. The molecule has 0 saturated carbocycles. The Labute approximate surface area is 164 Å². The lowest BCUT2D eigenvalue weighted by Gasteiger charge is -2.44. The van der Waals surface area contributed by atoms with E-state index in [1.54, 1.807) is 0 Å². The fourth-order valence-corrected chi connectivity index (χ4v) is 4.30. The van der Waals surface area contributed by atoms with Gasteiger partial charge in [0.15, 0.2) is 0 Å². The molecule has 3 atom stereocenters. The molecule has 1 N–H and O–H groups in total. The molecular formula is C23H23N3O2. The van der Waals surface area contributed by atoms with Gasteiger partial charge in [-0.2, -0.15) is 0 Å². The van der Waals surface area contributed by atoms with Crippen LogP contribution in [0.15, 0.2) is 60.7 Å². The van der Waals surface area contributed by atoms with Crippen LogP contribution in [0.3, 0.4) is 0 Å². The Bertz CT molecular complexity index is 999. The zero-order valence-corrected chi connectivity index (χ0v) is 16.2. The fraction of sp³-hybridized carbons (Fsp3) is 0.261. The van der Waals surface area contributed by atoms with E-state index in [2.05, 4.69) is 16.0 Å². The number of hydrogen-bond acceptors (Lipinski definition) is 4. The summed E-state index contributed by atoms with van der Waals surface area (Å²) in [5.41, 5.74) is 4.79. The Hall–Kier alpha value is -3.21. The maximum atomic E-state index is 12.5. The normalized spacial score (nSPS) is 21.2. The number of benzene rings is 2. The molecule has 2 aromatic carbocycles. The van der Waals surface area contributed by atoms with Gasteiger partial charge in [0.1, 0.15) is 6.04 Å². The SMILES string of the molecule is Cc1cc(C)nc(N2C(C)c3ccccc3C(c3ccccc3)C2C(=O)O)n1. The number of nitrogens with zero attached hydrogens (tertiary/aromatic N) is 3. The molecule has 1 aliphatic heterocycles. The van der Waals surface area contributed by atoms with Crippen molar-refractivity contribution in [2.45, 2.75) is 38.8 Å². The van der Waals surface area contributed by atoms with Gasteiger partial charge in [0, 0.05) is 17.3 Å². The average Bonchev–Trinajstić information content (AvgIpc) is 2.67. The van der Waals surface area contributed by atoms with Crippen LogP contribution in [0.5, 0.6) is 0 Å². The number of aryl methyl sites for hydroxylation is 2. The molecule has 4 rings (SSSR count). The van der Waals surface area contributed by atoms with Crippen molar-refractivity contribution >= 4 is 11.9 Å². The number of aromatic nitrogens is 2. The molecule has 0 radical (unpaired) electrons. The van der Waals surface area contributed by atoms with E-state index in [1.165, 1.54) is 0 Å². The smallest absolute Gasteiger partial charge is 0.327 e. The molecule has 5 nitrogen and oxygen atoms in total. The summed E-state index contributed by atoms with van der Waals surface area (Å²) in [7, 11) is 0. The van der Waals surface area contributed by atoms with Crippen LogP contribution in [0.4, 0.5) is 5.95 Å². The summed E-state index contributed by atoms with van der Waals surface area (Å²) >= 11 is 0. The molecule has 142 valence electrons. The second kappa shape index (κ2) is 7.08. The summed E-state index contributed by atoms with van der Waals surface area (Å²) in [4.78, 5) is 23.6. The van der Waals surface area contributed by atoms with Crippen LogP contribution in [0.1, 0.15) is 47.0 Å². The Morgan fingerprint density at radius 1 is 0.929 bits per heavy atom. The van der Waals surface area contributed by atoms with E-state index >= 15 is 0 Å². The highest BCUT2D eigenvalue weighted by Gasteiger charge is 2.45. The molecule has 0 amide bonds. The first-order chi connectivity index (χ1) is 13.5. The minimum atomic E-state index is -0.877. The predicted octanol–water partition coefficient (Wildman–Crippen LogP) is 4.26. The van der Waals surface area contributed by atoms with Crippen molar-refractivity contribution in [3.63, 3.8) is 0 Å². The van der Waals surface area contributed by atoms with E-state index < -0.39 is 12.0 Å². The van der Waals surface area contributed by atoms with Crippen LogP contribution in [0.2, 0.25) is 0 Å². The zero-order chi connectivity index (χ0) is 19.8. The number of carboxylic acids is 1. The van der Waals surface area contributed by atoms with Gasteiger partial charge in [-0.05, 0) is 43.5 Å². The van der Waals surface area contributed by atoms with Crippen molar-refractivity contribution in [2.24, 2.45) is 0 Å². The van der Waals surface area contributed by atoms with Crippen LogP contribution in [0, 0.1) is 13.8 Å². The first-order valence-electron chi connectivity index (χ1n) is 9.44. The lowest BCUT2D eigenvalue weighted by Crippen LogP contribution is -2.51. The van der Waals surface area contributed by atoms with E-state index in [0.717, 1.165) is 28.1 Å². The topological polar surface area (TPSA) is 66.3 Å². The molecule has 0 bridgehead atoms. The number of carboxylic acid groups (broad SMARTS) is 1. The van der Waals surface area contributed by atoms with Gasteiger partial charge in [0.2, 0.25) is 5.95 Å². The van der Waals surface area contributed by atoms with Crippen molar-refractivity contribution in [1.82, 2.24) is 9.97 Å². The molecule has 1 aliphatic rings. The van der Waals surface area contributed by atoms with Gasteiger partial charge in [0.25, 0.3) is 0 Å². The highest BCUT2D eigenvalue weighted by Crippen LogP contribution is 2.44. The Morgan fingerprint density at radius 2 is 1.50 bits per heavy atom. The van der Waals surface area contributed by atoms with E-state index in [9.17, 15) is 9.90 Å². The highest BCUT2D eigenvalue weighted by molar-refractivity contribution is 5.81. The second-order valence-electron chi connectivity index (χ2n) is 7.33. The monoisotopic (exact) mass is 373 g/mol. The van der Waals surface area contributed by atoms with Crippen LogP contribution in [-0.4, -0.2) is 27.1 Å². The predicted molar refractivity (Wildman–Crippen MR) is 109 cm³/mol. The largest absolute Gasteiger partial charge is 0.480 e. The minimum absolute atomic E-state index is 0.154. The standard InChI is InChI=1S/C23H23N3O2/c1-14-13-15(2)25-23(24-14)26-16(3)18-11-7-8-12-19(18)20(21(26)22(27)28)17-9-5-4-6-10-17/h4-13,16,20-21H,1-3H3,(H,27,28). The van der Waals surface area contributed by atoms with Crippen LogP contribution >= 0.6 is 0 Å². The molecular weight excluding hydrogens is 350 g/mol. The number of hydrogen-bond donors (Lipinski definition) is 1. The summed E-state index contributed by atoms with van der Waals surface area (Å²) in [5, 5.41) is 10.3. The number of rotatable bonds is 3. The Morgan fingerprint density at radius 3 is 2.11 bits per heavy atom. The third-order valence-electron chi connectivity index (χ3n) is 5.43. The third kappa shape index (κ3) is 3.03. The van der Waals surface area contributed by atoms with Gasteiger partial charge in [0.05, 0.1) is 6.04 Å². The first kappa shape index (κ1) is 18.2. The fourth-order valence-electron chi connectivity index (χ4n) is 4.30. The van der Waals surface area contributed by atoms with Gasteiger partial charge >= 0.3 is 5.97 Å². The molecule has 28 heavy (non-hydrogen) atoms. The molecule has 3 aromatic rings. The highest BCUT2D eigenvalue weighted by atomic mass is 16.4. The number of fused-ring (bicyclic) bond motifs is 1. The van der Waals surface area contributed by atoms with E-state index in [-0.39, 0.29) is 12.0 Å². The van der Waals surface area contributed by atoms with E-state index in [4.69, 9.17) is 0 Å². The van der Waals surface area contributed by atoms with Crippen molar-refractivity contribution < 1.29 is 9.90 Å². The van der Waals surface area contributed by atoms with Crippen LogP contribution in [0.25, 0.3) is 0 Å². The maximum absolute atomic E-state index is 12.5. The molecule has 0 aliphatic carbocycles. The Balaban J connectivity index is 1.97. The van der Waals surface area contributed by atoms with Gasteiger partial charge in [-0.3, -0.25) is 0 Å². The van der Waals surface area contributed by atoms with Gasteiger partial charge in [-0.15, -0.1) is 0 Å². The van der Waals surface area contributed by atoms with E-state index in [1.807, 2.05) is 80.3 Å². The first-order valence-corrected chi connectivity index (χ1v) is 9.44. The molecule has 2 heterocycles. The quantitative estimate of drug-likeness (QED) is 0.743. The summed E-state index contributed by atoms with van der Waals surface area (Å²) in [6, 6.07) is 18.9. The summed E-state index contributed by atoms with van der Waals surface area (Å²) < 4.78 is 0. The average molecular weight is 373 g/mol. The van der Waals surface area contributed by atoms with Crippen molar-refractivity contribution in [2.75, 3.05) is 4.90 Å². The van der Waals surface area contributed by atoms with Gasteiger partial charge in [-0.1, -0.05) is 54.6 Å². The number of anilines is 1. The molecule has 0 spiro atoms. The lowest BCUT2D eigenvalue weighted by atomic mass is 9.76. The second-order valence-corrected chi connectivity index (χ2v) is 7.33. The third-order valence-corrected chi connectivity index (χ3v) is 5.43. The van der Waals surface area contributed by atoms with Crippen molar-refractivity contribution in [1.29, 1.82) is 0 Å². The molecule has 0 saturated heterocycles. The zero-order valence-electron chi connectivity index (χ0n) is 16.2. The molecule has 5 heteroatoms. The van der Waals surface area contributed by atoms with Gasteiger partial charge < -0.3 is 10.0 Å². The van der Waals surface area contributed by atoms with Crippen molar-refractivity contribution in [3.8, 4) is 0 Å². The van der Waals surface area contributed by atoms with Crippen LogP contribution in [-0.2, 0) is 4.79 Å². The maximum Gasteiger partial charge on any atom is 0.327 e. The van der Waals surface area contributed by atoms with Gasteiger partial charge in [-0.25, -0.2) is 14.8 Å². The summed E-state index contributed by atoms with van der Waals surface area (Å²) in [6.45, 7) is 5.84. The molecule has 0 fully saturated rings. The van der Waals surface area contributed by atoms with Crippen LogP contribution < -0.4 is 4.90 Å². The number of carbonyl (C=O) groups is 1. The summed E-state index contributed by atoms with van der Waals surface area (Å²) in [5.74, 6) is -0.721. The molecule has 1 aromatic heterocycles. The van der Waals surface area contributed by atoms with E-state index in [0.29, 0.717) is 5.95 Å². The Kier molecular flexibility index (Phi) is 4.59. The summed E-state index contributed by atoms with van der Waals surface area (Å²) in [6.07, 6.45) is 0. The minimum Gasteiger partial charge on any atom is -0.480 e. The molecule has 3 unspecified atom stereocenters. The van der Waals surface area contributed by atoms with Crippen molar-refractivity contribution in [3.05, 3.63) is 88.7 Å². The number of aliphatic carboxylic acids is 1.